The number of aromatic nitrogens is 2. The summed E-state index contributed by atoms with van der Waals surface area (Å²) in [6.45, 7) is 3.79. The van der Waals surface area contributed by atoms with Crippen molar-refractivity contribution in [1.29, 1.82) is 5.26 Å². The van der Waals surface area contributed by atoms with Crippen LogP contribution in [0.3, 0.4) is 0 Å². The number of imidazole rings is 1. The number of nitrogens with zero attached hydrogens (tertiary/aromatic N) is 4. The molecule has 10 heteroatoms. The van der Waals surface area contributed by atoms with Gasteiger partial charge in [0, 0.05) is 18.7 Å². The lowest BCUT2D eigenvalue weighted by Crippen LogP contribution is -2.33. The fraction of sp³-hybridized carbons (Fsp3) is 0.308. The molecule has 1 fully saturated rings. The molecular weight excluding hydrogens is 510 g/mol. The molecule has 0 spiro atoms. The summed E-state index contributed by atoms with van der Waals surface area (Å²) in [4.78, 5) is 7.13. The number of hydrogen-bond donors (Lipinski definition) is 1. The van der Waals surface area contributed by atoms with Crippen LogP contribution in [-0.2, 0) is 6.18 Å². The first-order valence-corrected chi connectivity index (χ1v) is 11.4. The summed E-state index contributed by atoms with van der Waals surface area (Å²) in [5.74, 6) is 0.759. The molecule has 0 unspecified atom stereocenters. The third-order valence-corrected chi connectivity index (χ3v) is 6.39. The number of anilines is 1. The number of pyridine rings is 1. The van der Waals surface area contributed by atoms with E-state index >= 15 is 0 Å². The molecule has 5 rings (SSSR count). The summed E-state index contributed by atoms with van der Waals surface area (Å²) in [5.41, 5.74) is 2.81. The SMILES string of the molecule is Cl.Cl.N#Cc1c(-c2ccc(C(F)(F)F)cc2)cc(NCCN2CCCCC2)n2c1nc1ccccc12. The van der Waals surface area contributed by atoms with E-state index in [2.05, 4.69) is 16.3 Å². The molecule has 4 aromatic rings. The Morgan fingerprint density at radius 3 is 2.33 bits per heavy atom. The van der Waals surface area contributed by atoms with Gasteiger partial charge in [-0.3, -0.25) is 4.40 Å². The highest BCUT2D eigenvalue weighted by Gasteiger charge is 2.30. The number of alkyl halides is 3. The molecule has 3 heterocycles. The number of piperidine rings is 1. The zero-order chi connectivity index (χ0) is 23.7. The average Bonchev–Trinajstić information content (AvgIpc) is 3.24. The smallest absolute Gasteiger partial charge is 0.370 e. The minimum atomic E-state index is -4.41. The Morgan fingerprint density at radius 2 is 1.67 bits per heavy atom. The van der Waals surface area contributed by atoms with Crippen molar-refractivity contribution in [3.05, 3.63) is 65.7 Å². The molecule has 190 valence electrons. The van der Waals surface area contributed by atoms with Crippen LogP contribution in [-0.4, -0.2) is 40.5 Å². The summed E-state index contributed by atoms with van der Waals surface area (Å²) in [7, 11) is 0. The Kier molecular flexibility index (Phi) is 8.72. The van der Waals surface area contributed by atoms with Gasteiger partial charge in [0.15, 0.2) is 5.65 Å². The molecule has 0 saturated carbocycles. The number of hydrogen-bond acceptors (Lipinski definition) is 4. The standard InChI is InChI=1S/C26H24F3N5.2ClH/c27-26(28,29)19-10-8-18(9-11-19)20-16-24(31-12-15-33-13-4-1-5-14-33)34-23-7-3-2-6-22(23)32-25(34)21(20)17-30;;/h2-3,6-11,16,31H,1,4-5,12-15H2;2*1H. The first kappa shape index (κ1) is 27.6. The molecule has 0 radical (unpaired) electrons. The maximum absolute atomic E-state index is 13.1. The molecule has 5 nitrogen and oxygen atoms in total. The first-order valence-electron chi connectivity index (χ1n) is 11.4. The second kappa shape index (κ2) is 11.4. The number of nitriles is 1. The van der Waals surface area contributed by atoms with Gasteiger partial charge in [0.25, 0.3) is 0 Å². The second-order valence-corrected chi connectivity index (χ2v) is 8.59. The maximum Gasteiger partial charge on any atom is 0.416 e. The molecule has 1 aliphatic heterocycles. The number of nitrogens with one attached hydrogen (secondary N) is 1. The van der Waals surface area contributed by atoms with Crippen LogP contribution < -0.4 is 5.32 Å². The van der Waals surface area contributed by atoms with Crippen molar-refractivity contribution in [3.63, 3.8) is 0 Å². The zero-order valence-corrected chi connectivity index (χ0v) is 21.0. The minimum Gasteiger partial charge on any atom is -0.370 e. The van der Waals surface area contributed by atoms with Gasteiger partial charge in [0.1, 0.15) is 17.5 Å². The van der Waals surface area contributed by atoms with E-state index in [0.29, 0.717) is 28.9 Å². The van der Waals surface area contributed by atoms with Gasteiger partial charge in [-0.05, 0) is 61.8 Å². The van der Waals surface area contributed by atoms with Crippen LogP contribution in [0.1, 0.15) is 30.4 Å². The number of likely N-dealkylation sites (tertiary alicyclic amines) is 1. The van der Waals surface area contributed by atoms with Crippen LogP contribution in [0, 0.1) is 11.3 Å². The third-order valence-electron chi connectivity index (χ3n) is 6.39. The van der Waals surface area contributed by atoms with Gasteiger partial charge in [-0.15, -0.1) is 24.8 Å². The summed E-state index contributed by atoms with van der Waals surface area (Å²) < 4.78 is 41.1. The van der Waals surface area contributed by atoms with Crippen molar-refractivity contribution in [2.45, 2.75) is 25.4 Å². The first-order chi connectivity index (χ1) is 16.5. The van der Waals surface area contributed by atoms with Gasteiger partial charge in [0.05, 0.1) is 16.6 Å². The normalized spacial score (nSPS) is 14.2. The average molecular weight is 536 g/mol. The fourth-order valence-electron chi connectivity index (χ4n) is 4.66. The molecule has 2 aromatic carbocycles. The maximum atomic E-state index is 13.1. The highest BCUT2D eigenvalue weighted by Crippen LogP contribution is 2.35. The van der Waals surface area contributed by atoms with Gasteiger partial charge in [0.2, 0.25) is 0 Å². The molecule has 1 saturated heterocycles. The molecule has 0 aliphatic carbocycles. The monoisotopic (exact) mass is 535 g/mol. The van der Waals surface area contributed by atoms with E-state index in [9.17, 15) is 18.4 Å². The number of para-hydroxylation sites is 2. The van der Waals surface area contributed by atoms with Crippen molar-refractivity contribution >= 4 is 47.3 Å². The van der Waals surface area contributed by atoms with Crippen molar-refractivity contribution < 1.29 is 13.2 Å². The fourth-order valence-corrected chi connectivity index (χ4v) is 4.66. The summed E-state index contributed by atoms with van der Waals surface area (Å²) in [6.07, 6.45) is -0.711. The Balaban J connectivity index is 0.00000180. The van der Waals surface area contributed by atoms with Crippen LogP contribution in [0.2, 0.25) is 0 Å². The van der Waals surface area contributed by atoms with Crippen molar-refractivity contribution in [1.82, 2.24) is 14.3 Å². The van der Waals surface area contributed by atoms with E-state index in [1.54, 1.807) is 0 Å². The lowest BCUT2D eigenvalue weighted by atomic mass is 10.00. The lowest BCUT2D eigenvalue weighted by molar-refractivity contribution is -0.137. The topological polar surface area (TPSA) is 56.4 Å². The van der Waals surface area contributed by atoms with Crippen molar-refractivity contribution in [2.24, 2.45) is 0 Å². The van der Waals surface area contributed by atoms with E-state index in [4.69, 9.17) is 4.98 Å². The lowest BCUT2D eigenvalue weighted by Gasteiger charge is -2.26. The molecule has 1 aliphatic rings. The molecular formula is C26H26Cl2F3N5. The summed E-state index contributed by atoms with van der Waals surface area (Å²) in [5, 5.41) is 13.5. The molecule has 0 bridgehead atoms. The van der Waals surface area contributed by atoms with Crippen LogP contribution in [0.25, 0.3) is 27.8 Å². The Labute approximate surface area is 219 Å². The van der Waals surface area contributed by atoms with Crippen molar-refractivity contribution in [3.8, 4) is 17.2 Å². The van der Waals surface area contributed by atoms with Gasteiger partial charge in [-0.25, -0.2) is 4.98 Å². The quantitative estimate of drug-likeness (QED) is 0.305. The highest BCUT2D eigenvalue weighted by atomic mass is 35.5. The largest absolute Gasteiger partial charge is 0.416 e. The van der Waals surface area contributed by atoms with Crippen LogP contribution in [0.15, 0.2) is 54.6 Å². The Morgan fingerprint density at radius 1 is 0.972 bits per heavy atom. The van der Waals surface area contributed by atoms with Gasteiger partial charge >= 0.3 is 6.18 Å². The molecule has 2 aromatic heterocycles. The predicted octanol–water partition coefficient (Wildman–Crippen LogP) is 6.79. The van der Waals surface area contributed by atoms with Gasteiger partial charge in [-0.1, -0.05) is 30.7 Å². The second-order valence-electron chi connectivity index (χ2n) is 8.59. The minimum absolute atomic E-state index is 0. The van der Waals surface area contributed by atoms with E-state index in [0.717, 1.165) is 48.6 Å². The molecule has 0 atom stereocenters. The molecule has 1 N–H and O–H groups in total. The van der Waals surface area contributed by atoms with Gasteiger partial charge in [-0.2, -0.15) is 18.4 Å². The van der Waals surface area contributed by atoms with Crippen LogP contribution >= 0.6 is 24.8 Å². The number of fused-ring (bicyclic) bond motifs is 3. The van der Waals surface area contributed by atoms with E-state index in [-0.39, 0.29) is 24.8 Å². The summed E-state index contributed by atoms with van der Waals surface area (Å²) in [6, 6.07) is 16.6. The molecule has 36 heavy (non-hydrogen) atoms. The van der Waals surface area contributed by atoms with Gasteiger partial charge < -0.3 is 10.2 Å². The predicted molar refractivity (Wildman–Crippen MR) is 141 cm³/mol. The van der Waals surface area contributed by atoms with E-state index < -0.39 is 11.7 Å². The van der Waals surface area contributed by atoms with Crippen LogP contribution in [0.5, 0.6) is 0 Å². The highest BCUT2D eigenvalue weighted by molar-refractivity contribution is 5.89. The van der Waals surface area contributed by atoms with Crippen LogP contribution in [0.4, 0.5) is 19.0 Å². The number of halogens is 5. The molecule has 0 amide bonds. The zero-order valence-electron chi connectivity index (χ0n) is 19.4. The third kappa shape index (κ3) is 5.39. The number of benzene rings is 2. The number of rotatable bonds is 5. The summed E-state index contributed by atoms with van der Waals surface area (Å²) >= 11 is 0. The van der Waals surface area contributed by atoms with Crippen molar-refractivity contribution in [2.75, 3.05) is 31.5 Å². The van der Waals surface area contributed by atoms with E-state index in [1.165, 1.54) is 31.4 Å². The van der Waals surface area contributed by atoms with E-state index in [1.807, 2.05) is 34.7 Å². The Hall–Kier alpha value is -2.99. The Bertz CT molecular complexity index is 1370.